The van der Waals surface area contributed by atoms with Crippen molar-refractivity contribution in [3.63, 3.8) is 0 Å². The predicted octanol–water partition coefficient (Wildman–Crippen LogP) is -0.00550. The average molecular weight is 378 g/mol. The molecule has 9 nitrogen and oxygen atoms in total. The monoisotopic (exact) mass is 378 g/mol. The van der Waals surface area contributed by atoms with Crippen LogP contribution in [0.1, 0.15) is 6.92 Å². The lowest BCUT2D eigenvalue weighted by Crippen LogP contribution is -2.55. The van der Waals surface area contributed by atoms with E-state index in [9.17, 15) is 0 Å². The second-order valence-electron chi connectivity index (χ2n) is 6.76. The number of nitrogens with zero attached hydrogens (tertiary/aromatic N) is 5. The second-order valence-corrected chi connectivity index (χ2v) is 6.76. The quantitative estimate of drug-likeness (QED) is 0.547. The van der Waals surface area contributed by atoms with Crippen LogP contribution in [0.3, 0.4) is 0 Å². The van der Waals surface area contributed by atoms with E-state index in [-0.39, 0.29) is 12.1 Å². The summed E-state index contributed by atoms with van der Waals surface area (Å²) >= 11 is 0. The molecule has 0 saturated carbocycles. The van der Waals surface area contributed by atoms with Crippen LogP contribution >= 0.6 is 0 Å². The Kier molecular flexibility index (Phi) is 7.61. The van der Waals surface area contributed by atoms with E-state index in [0.717, 1.165) is 38.1 Å². The standard InChI is InChI=1S/C18H30N6O3/c1-15(13-25-2)22-18(21-12-16-14-26-10-11-27-16)24-8-6-23(7-9-24)17-19-4-3-5-20-17/h3-5,15-16H,6-14H2,1-2H3,(H,21,22). The molecule has 2 saturated heterocycles. The summed E-state index contributed by atoms with van der Waals surface area (Å²) in [5.74, 6) is 1.67. The highest BCUT2D eigenvalue weighted by molar-refractivity contribution is 5.80. The Hall–Kier alpha value is -1.97. The van der Waals surface area contributed by atoms with Crippen molar-refractivity contribution in [1.29, 1.82) is 0 Å². The number of piperazine rings is 1. The van der Waals surface area contributed by atoms with Crippen molar-refractivity contribution in [2.75, 3.05) is 71.2 Å². The zero-order valence-corrected chi connectivity index (χ0v) is 16.2. The van der Waals surface area contributed by atoms with Gasteiger partial charge < -0.3 is 29.3 Å². The van der Waals surface area contributed by atoms with Crippen LogP contribution in [0.25, 0.3) is 0 Å². The van der Waals surface area contributed by atoms with Crippen LogP contribution in [0.4, 0.5) is 5.95 Å². The molecule has 1 aromatic heterocycles. The number of guanidine groups is 1. The minimum absolute atomic E-state index is 0.0206. The highest BCUT2D eigenvalue weighted by atomic mass is 16.6. The molecular weight excluding hydrogens is 348 g/mol. The molecule has 2 unspecified atom stereocenters. The number of nitrogens with one attached hydrogen (secondary N) is 1. The van der Waals surface area contributed by atoms with E-state index >= 15 is 0 Å². The highest BCUT2D eigenvalue weighted by Crippen LogP contribution is 2.10. The molecule has 0 amide bonds. The first-order valence-corrected chi connectivity index (χ1v) is 9.52. The topological polar surface area (TPSA) is 84.3 Å². The average Bonchev–Trinajstić information content (AvgIpc) is 2.73. The maximum Gasteiger partial charge on any atom is 0.225 e. The molecule has 150 valence electrons. The molecule has 1 N–H and O–H groups in total. The van der Waals surface area contributed by atoms with Crippen molar-refractivity contribution in [2.45, 2.75) is 19.1 Å². The van der Waals surface area contributed by atoms with Gasteiger partial charge in [0, 0.05) is 51.7 Å². The Labute approximate surface area is 160 Å². The zero-order chi connectivity index (χ0) is 18.9. The third kappa shape index (κ3) is 6.02. The maximum absolute atomic E-state index is 5.72. The van der Waals surface area contributed by atoms with Crippen molar-refractivity contribution >= 4 is 11.9 Å². The van der Waals surface area contributed by atoms with E-state index in [1.54, 1.807) is 19.5 Å². The molecule has 3 rings (SSSR count). The third-order valence-corrected chi connectivity index (χ3v) is 4.54. The van der Waals surface area contributed by atoms with Gasteiger partial charge in [0.05, 0.1) is 33.0 Å². The third-order valence-electron chi connectivity index (χ3n) is 4.54. The molecule has 9 heteroatoms. The minimum atomic E-state index is 0.0206. The summed E-state index contributed by atoms with van der Waals surface area (Å²) in [5, 5.41) is 3.49. The van der Waals surface area contributed by atoms with Crippen LogP contribution in [0.15, 0.2) is 23.5 Å². The van der Waals surface area contributed by atoms with Gasteiger partial charge in [-0.2, -0.15) is 0 Å². The molecule has 0 bridgehead atoms. The van der Waals surface area contributed by atoms with Crippen LogP contribution in [0.2, 0.25) is 0 Å². The molecule has 27 heavy (non-hydrogen) atoms. The number of rotatable bonds is 6. The van der Waals surface area contributed by atoms with E-state index in [1.807, 2.05) is 6.07 Å². The van der Waals surface area contributed by atoms with Gasteiger partial charge in [0.2, 0.25) is 5.95 Å². The van der Waals surface area contributed by atoms with Gasteiger partial charge in [-0.3, -0.25) is 4.99 Å². The molecule has 2 atom stereocenters. The van der Waals surface area contributed by atoms with Gasteiger partial charge in [-0.15, -0.1) is 0 Å². The number of aromatic nitrogens is 2. The molecule has 2 aliphatic heterocycles. The Morgan fingerprint density at radius 2 is 2.07 bits per heavy atom. The lowest BCUT2D eigenvalue weighted by molar-refractivity contribution is -0.0833. The van der Waals surface area contributed by atoms with Gasteiger partial charge in [0.15, 0.2) is 5.96 Å². The van der Waals surface area contributed by atoms with Gasteiger partial charge >= 0.3 is 0 Å². The number of hydrogen-bond donors (Lipinski definition) is 1. The SMILES string of the molecule is COCC(C)NC(=NCC1COCCO1)N1CCN(c2ncccn2)CC1. The highest BCUT2D eigenvalue weighted by Gasteiger charge is 2.23. The largest absolute Gasteiger partial charge is 0.383 e. The van der Waals surface area contributed by atoms with E-state index in [4.69, 9.17) is 19.2 Å². The number of methoxy groups -OCH3 is 1. The molecule has 0 aromatic carbocycles. The Balaban J connectivity index is 1.59. The van der Waals surface area contributed by atoms with Gasteiger partial charge in [0.1, 0.15) is 6.10 Å². The first-order chi connectivity index (χ1) is 13.3. The first kappa shape index (κ1) is 19.8. The van der Waals surface area contributed by atoms with Gasteiger partial charge in [-0.1, -0.05) is 0 Å². The maximum atomic E-state index is 5.72. The molecular formula is C18H30N6O3. The number of anilines is 1. The van der Waals surface area contributed by atoms with Crippen LogP contribution in [-0.4, -0.2) is 99.2 Å². The minimum Gasteiger partial charge on any atom is -0.383 e. The number of hydrogen-bond acceptors (Lipinski definition) is 7. The van der Waals surface area contributed by atoms with Crippen LogP contribution < -0.4 is 10.2 Å². The van der Waals surface area contributed by atoms with Gasteiger partial charge in [-0.05, 0) is 13.0 Å². The second kappa shape index (κ2) is 10.4. The smallest absolute Gasteiger partial charge is 0.225 e. The molecule has 1 aromatic rings. The van der Waals surface area contributed by atoms with Crippen molar-refractivity contribution in [1.82, 2.24) is 20.2 Å². The molecule has 0 radical (unpaired) electrons. The predicted molar refractivity (Wildman–Crippen MR) is 103 cm³/mol. The Morgan fingerprint density at radius 3 is 2.74 bits per heavy atom. The first-order valence-electron chi connectivity index (χ1n) is 9.52. The van der Waals surface area contributed by atoms with E-state index in [0.29, 0.717) is 33.0 Å². The summed E-state index contributed by atoms with van der Waals surface area (Å²) in [6.07, 6.45) is 3.58. The van der Waals surface area contributed by atoms with Crippen molar-refractivity contribution in [3.8, 4) is 0 Å². The van der Waals surface area contributed by atoms with Crippen molar-refractivity contribution in [3.05, 3.63) is 18.5 Å². The summed E-state index contributed by atoms with van der Waals surface area (Å²) < 4.78 is 16.4. The van der Waals surface area contributed by atoms with Crippen molar-refractivity contribution in [2.24, 2.45) is 4.99 Å². The molecule has 2 aliphatic rings. The fraction of sp³-hybridized carbons (Fsp3) is 0.722. The lowest BCUT2D eigenvalue weighted by Gasteiger charge is -2.37. The number of aliphatic imine (C=N–C) groups is 1. The summed E-state index contributed by atoms with van der Waals surface area (Å²) in [5.41, 5.74) is 0. The Bertz CT molecular complexity index is 574. The lowest BCUT2D eigenvalue weighted by atomic mass is 10.3. The fourth-order valence-electron chi connectivity index (χ4n) is 3.15. The number of ether oxygens (including phenoxy) is 3. The van der Waals surface area contributed by atoms with E-state index in [2.05, 4.69) is 32.0 Å². The molecule has 2 fully saturated rings. The van der Waals surface area contributed by atoms with Gasteiger partial charge in [-0.25, -0.2) is 9.97 Å². The zero-order valence-electron chi connectivity index (χ0n) is 16.2. The summed E-state index contributed by atoms with van der Waals surface area (Å²) in [7, 11) is 1.71. The summed E-state index contributed by atoms with van der Waals surface area (Å²) in [6.45, 7) is 8.62. The fourth-order valence-corrected chi connectivity index (χ4v) is 3.15. The molecule has 3 heterocycles. The van der Waals surface area contributed by atoms with E-state index < -0.39 is 0 Å². The summed E-state index contributed by atoms with van der Waals surface area (Å²) in [4.78, 5) is 18.0. The van der Waals surface area contributed by atoms with Gasteiger partial charge in [0.25, 0.3) is 0 Å². The van der Waals surface area contributed by atoms with Crippen LogP contribution in [-0.2, 0) is 14.2 Å². The molecule has 0 aliphatic carbocycles. The summed E-state index contributed by atoms with van der Waals surface area (Å²) in [6, 6.07) is 2.01. The van der Waals surface area contributed by atoms with Crippen LogP contribution in [0.5, 0.6) is 0 Å². The van der Waals surface area contributed by atoms with E-state index in [1.165, 1.54) is 0 Å². The molecule has 0 spiro atoms. The van der Waals surface area contributed by atoms with Crippen LogP contribution in [0, 0.1) is 0 Å². The normalized spacial score (nSPS) is 22.6. The van der Waals surface area contributed by atoms with Crippen molar-refractivity contribution < 1.29 is 14.2 Å². The Morgan fingerprint density at radius 1 is 1.30 bits per heavy atom.